The Morgan fingerprint density at radius 1 is 1.06 bits per heavy atom. The first-order valence-electron chi connectivity index (χ1n) is 12.5. The Kier molecular flexibility index (Phi) is 7.03. The lowest BCUT2D eigenvalue weighted by molar-refractivity contribution is -0.154. The number of aromatic nitrogens is 2. The molecule has 2 saturated heterocycles. The van der Waals surface area contributed by atoms with Crippen LogP contribution in [0, 0.1) is 6.92 Å². The number of hydrogen-bond donors (Lipinski definition) is 1. The van der Waals surface area contributed by atoms with Gasteiger partial charge in [-0.15, -0.1) is 0 Å². The molecular weight excluding hydrogens is 469 g/mol. The zero-order valence-corrected chi connectivity index (χ0v) is 20.2. The molecule has 1 N–H and O–H groups in total. The smallest absolute Gasteiger partial charge is 0.378 e. The number of rotatable bonds is 7. The zero-order chi connectivity index (χ0) is 25.3. The first-order chi connectivity index (χ1) is 17.3. The molecule has 9 heteroatoms. The fourth-order valence-electron chi connectivity index (χ4n) is 5.88. The van der Waals surface area contributed by atoms with Gasteiger partial charge >= 0.3 is 6.18 Å². The van der Waals surface area contributed by atoms with Crippen molar-refractivity contribution in [1.29, 1.82) is 0 Å². The normalized spacial score (nSPS) is 23.5. The number of piperidine rings is 1. The highest BCUT2D eigenvalue weighted by atomic mass is 19.4. The molecule has 6 nitrogen and oxygen atoms in total. The summed E-state index contributed by atoms with van der Waals surface area (Å²) in [5.41, 5.74) is 2.95. The molecule has 3 heterocycles. The number of nitrogens with zero attached hydrogens (tertiary/aromatic N) is 3. The van der Waals surface area contributed by atoms with E-state index in [1.807, 2.05) is 55.5 Å². The molecule has 0 radical (unpaired) electrons. The molecule has 0 saturated carbocycles. The summed E-state index contributed by atoms with van der Waals surface area (Å²) in [6, 6.07) is 17.6. The monoisotopic (exact) mass is 500 g/mol. The van der Waals surface area contributed by atoms with E-state index < -0.39 is 24.5 Å². The van der Waals surface area contributed by atoms with E-state index in [1.54, 1.807) is 0 Å². The van der Waals surface area contributed by atoms with Gasteiger partial charge in [-0.3, -0.25) is 9.69 Å². The van der Waals surface area contributed by atoms with Gasteiger partial charge in [0, 0.05) is 24.7 Å². The SMILES string of the molecule is Cc1nc2ccccc2n1[C@@H]1C[C@H]2COC[C@@H](C1)N2CC[C@H](NC(=O)CC(F)(F)F)c1ccccc1. The van der Waals surface area contributed by atoms with E-state index in [2.05, 4.69) is 20.9 Å². The Labute approximate surface area is 208 Å². The van der Waals surface area contributed by atoms with Crippen molar-refractivity contribution < 1.29 is 22.7 Å². The number of morpholine rings is 1. The number of para-hydroxylation sites is 2. The maximum Gasteiger partial charge on any atom is 0.397 e. The van der Waals surface area contributed by atoms with Crippen LogP contribution in [0.1, 0.15) is 49.2 Å². The van der Waals surface area contributed by atoms with Crippen LogP contribution in [0.15, 0.2) is 54.6 Å². The third-order valence-corrected chi connectivity index (χ3v) is 7.36. The molecule has 0 spiro atoms. The Hall–Kier alpha value is -2.91. The number of hydrogen-bond acceptors (Lipinski definition) is 4. The van der Waals surface area contributed by atoms with Gasteiger partial charge in [-0.2, -0.15) is 13.2 Å². The number of ether oxygens (including phenoxy) is 1. The summed E-state index contributed by atoms with van der Waals surface area (Å²) in [6.45, 7) is 3.96. The predicted molar refractivity (Wildman–Crippen MR) is 130 cm³/mol. The summed E-state index contributed by atoms with van der Waals surface area (Å²) in [7, 11) is 0. The zero-order valence-electron chi connectivity index (χ0n) is 20.2. The molecule has 2 aliphatic heterocycles. The van der Waals surface area contributed by atoms with Gasteiger partial charge in [-0.05, 0) is 43.9 Å². The number of benzene rings is 2. The number of carbonyl (C=O) groups is 1. The molecule has 5 rings (SSSR count). The van der Waals surface area contributed by atoms with Crippen LogP contribution in [0.25, 0.3) is 11.0 Å². The maximum atomic E-state index is 12.8. The largest absolute Gasteiger partial charge is 0.397 e. The lowest BCUT2D eigenvalue weighted by atomic mass is 9.89. The van der Waals surface area contributed by atoms with E-state index in [0.717, 1.165) is 35.3 Å². The second-order valence-electron chi connectivity index (χ2n) is 9.84. The van der Waals surface area contributed by atoms with Crippen LogP contribution in [0.5, 0.6) is 0 Å². The van der Waals surface area contributed by atoms with Crippen LogP contribution < -0.4 is 5.32 Å². The highest BCUT2D eigenvalue weighted by molar-refractivity contribution is 5.77. The van der Waals surface area contributed by atoms with Crippen molar-refractivity contribution in [2.75, 3.05) is 19.8 Å². The summed E-state index contributed by atoms with van der Waals surface area (Å²) in [5.74, 6) is 0.00575. The number of carbonyl (C=O) groups excluding carboxylic acids is 1. The first-order valence-corrected chi connectivity index (χ1v) is 12.5. The van der Waals surface area contributed by atoms with E-state index in [-0.39, 0.29) is 12.1 Å². The Bertz CT molecular complexity index is 1180. The predicted octanol–water partition coefficient (Wildman–Crippen LogP) is 4.95. The Balaban J connectivity index is 1.30. The summed E-state index contributed by atoms with van der Waals surface area (Å²) in [4.78, 5) is 19.3. The molecule has 0 unspecified atom stereocenters. The first kappa shape index (κ1) is 24.8. The molecule has 2 bridgehead atoms. The number of nitrogens with one attached hydrogen (secondary N) is 1. The molecule has 3 aromatic rings. The Morgan fingerprint density at radius 3 is 2.42 bits per heavy atom. The topological polar surface area (TPSA) is 59.4 Å². The van der Waals surface area contributed by atoms with Crippen molar-refractivity contribution in [3.63, 3.8) is 0 Å². The quantitative estimate of drug-likeness (QED) is 0.499. The second-order valence-corrected chi connectivity index (χ2v) is 9.84. The third-order valence-electron chi connectivity index (χ3n) is 7.36. The fraction of sp³-hybridized carbons (Fsp3) is 0.481. The minimum absolute atomic E-state index is 0.199. The minimum atomic E-state index is -4.53. The number of aryl methyl sites for hydroxylation is 1. The van der Waals surface area contributed by atoms with Crippen LogP contribution in [-0.4, -0.2) is 58.4 Å². The van der Waals surface area contributed by atoms with Crippen LogP contribution >= 0.6 is 0 Å². The lowest BCUT2D eigenvalue weighted by Gasteiger charge is -2.49. The summed E-state index contributed by atoms with van der Waals surface area (Å²) in [6.07, 6.45) is -3.66. The van der Waals surface area contributed by atoms with Gasteiger partial charge in [0.15, 0.2) is 0 Å². The molecule has 1 amide bonds. The molecule has 2 aromatic carbocycles. The molecule has 1 aromatic heterocycles. The average Bonchev–Trinajstić information content (AvgIpc) is 3.16. The molecule has 36 heavy (non-hydrogen) atoms. The van der Waals surface area contributed by atoms with E-state index in [9.17, 15) is 18.0 Å². The van der Waals surface area contributed by atoms with Gasteiger partial charge < -0.3 is 14.6 Å². The van der Waals surface area contributed by atoms with Gasteiger partial charge in [-0.1, -0.05) is 42.5 Å². The minimum Gasteiger partial charge on any atom is -0.378 e. The van der Waals surface area contributed by atoms with Gasteiger partial charge in [0.25, 0.3) is 0 Å². The van der Waals surface area contributed by atoms with E-state index >= 15 is 0 Å². The highest BCUT2D eigenvalue weighted by Gasteiger charge is 2.40. The van der Waals surface area contributed by atoms with E-state index in [0.29, 0.717) is 32.2 Å². The van der Waals surface area contributed by atoms with Crippen molar-refractivity contribution in [2.45, 2.75) is 63.0 Å². The van der Waals surface area contributed by atoms with Crippen LogP contribution in [-0.2, 0) is 9.53 Å². The van der Waals surface area contributed by atoms with Crippen LogP contribution in [0.4, 0.5) is 13.2 Å². The van der Waals surface area contributed by atoms with E-state index in [1.165, 1.54) is 0 Å². The number of amides is 1. The van der Waals surface area contributed by atoms with Gasteiger partial charge in [-0.25, -0.2) is 4.98 Å². The molecule has 192 valence electrons. The number of fused-ring (bicyclic) bond motifs is 3. The molecule has 2 aliphatic rings. The van der Waals surface area contributed by atoms with Crippen LogP contribution in [0.3, 0.4) is 0 Å². The number of alkyl halides is 3. The average molecular weight is 501 g/mol. The van der Waals surface area contributed by atoms with Gasteiger partial charge in [0.1, 0.15) is 12.2 Å². The Morgan fingerprint density at radius 2 is 1.72 bits per heavy atom. The van der Waals surface area contributed by atoms with Crippen molar-refractivity contribution in [1.82, 2.24) is 19.8 Å². The van der Waals surface area contributed by atoms with Crippen molar-refractivity contribution >= 4 is 16.9 Å². The van der Waals surface area contributed by atoms with Crippen LogP contribution in [0.2, 0.25) is 0 Å². The molecule has 0 aliphatic carbocycles. The number of imidazole rings is 1. The molecular formula is C27H31F3N4O2. The van der Waals surface area contributed by atoms with Crippen molar-refractivity contribution in [2.24, 2.45) is 0 Å². The van der Waals surface area contributed by atoms with E-state index in [4.69, 9.17) is 9.72 Å². The highest BCUT2D eigenvalue weighted by Crippen LogP contribution is 2.37. The van der Waals surface area contributed by atoms with Crippen molar-refractivity contribution in [3.8, 4) is 0 Å². The summed E-state index contributed by atoms with van der Waals surface area (Å²) < 4.78 is 46.6. The summed E-state index contributed by atoms with van der Waals surface area (Å²) in [5, 5.41) is 2.62. The third kappa shape index (κ3) is 5.42. The fourth-order valence-corrected chi connectivity index (χ4v) is 5.88. The van der Waals surface area contributed by atoms with Gasteiger partial charge in [0.2, 0.25) is 5.91 Å². The molecule has 4 atom stereocenters. The standard InChI is InChI=1S/C27H31F3N4O2/c1-18-31-24-9-5-6-10-25(24)34(18)20-13-21-16-36-17-22(14-20)33(21)12-11-23(19-7-3-2-4-8-19)32-26(35)15-27(28,29)30/h2-10,20-23H,11-17H2,1H3,(H,32,35)/t20-,21+,22-,23-/m0/s1. The summed E-state index contributed by atoms with van der Waals surface area (Å²) >= 11 is 0. The van der Waals surface area contributed by atoms with Crippen molar-refractivity contribution in [3.05, 3.63) is 66.0 Å². The number of halogens is 3. The molecule has 2 fully saturated rings. The van der Waals surface area contributed by atoms with Gasteiger partial charge in [0.05, 0.1) is 30.3 Å². The second kappa shape index (κ2) is 10.2. The lowest BCUT2D eigenvalue weighted by Crippen LogP contribution is -2.57. The maximum absolute atomic E-state index is 12.8.